The summed E-state index contributed by atoms with van der Waals surface area (Å²) < 4.78 is 0. The van der Waals surface area contributed by atoms with Gasteiger partial charge in [-0.3, -0.25) is 14.8 Å². The quantitative estimate of drug-likeness (QED) is 0.909. The lowest BCUT2D eigenvalue weighted by molar-refractivity contribution is 0.0946. The number of nitrogens with zero attached hydrogens (tertiary/aromatic N) is 2. The van der Waals surface area contributed by atoms with Gasteiger partial charge in [0.25, 0.3) is 5.91 Å². The van der Waals surface area contributed by atoms with E-state index in [0.29, 0.717) is 18.2 Å². The summed E-state index contributed by atoms with van der Waals surface area (Å²) in [7, 11) is 0. The van der Waals surface area contributed by atoms with Gasteiger partial charge in [0, 0.05) is 30.6 Å². The molecule has 0 bridgehead atoms. The van der Waals surface area contributed by atoms with Crippen LogP contribution in [0.4, 0.5) is 0 Å². The van der Waals surface area contributed by atoms with Crippen molar-refractivity contribution in [1.29, 1.82) is 0 Å². The van der Waals surface area contributed by atoms with Crippen molar-refractivity contribution >= 4 is 5.91 Å². The third-order valence-corrected chi connectivity index (χ3v) is 3.19. The molecule has 0 aromatic carbocycles. The van der Waals surface area contributed by atoms with Crippen LogP contribution in [0.2, 0.25) is 0 Å². The van der Waals surface area contributed by atoms with E-state index in [1.54, 1.807) is 24.4 Å². The van der Waals surface area contributed by atoms with Gasteiger partial charge >= 0.3 is 0 Å². The lowest BCUT2D eigenvalue weighted by Gasteiger charge is -2.05. The Morgan fingerprint density at radius 1 is 1.21 bits per heavy atom. The fraction of sp³-hybridized carbons (Fsp3) is 0.267. The minimum absolute atomic E-state index is 0.160. The van der Waals surface area contributed by atoms with Gasteiger partial charge in [0.2, 0.25) is 0 Å². The normalized spacial score (nSPS) is 14.1. The monoisotopic (exact) mass is 253 g/mol. The molecule has 2 aromatic heterocycles. The molecule has 96 valence electrons. The second kappa shape index (κ2) is 5.18. The fourth-order valence-electron chi connectivity index (χ4n) is 1.93. The van der Waals surface area contributed by atoms with Crippen LogP contribution in [0.3, 0.4) is 0 Å². The topological polar surface area (TPSA) is 54.9 Å². The van der Waals surface area contributed by atoms with Gasteiger partial charge in [0.1, 0.15) is 5.69 Å². The molecule has 3 rings (SSSR count). The van der Waals surface area contributed by atoms with Crippen LogP contribution in [-0.2, 0) is 6.54 Å². The van der Waals surface area contributed by atoms with Crippen molar-refractivity contribution in [3.63, 3.8) is 0 Å². The third-order valence-electron chi connectivity index (χ3n) is 3.19. The first-order valence-electron chi connectivity index (χ1n) is 6.47. The lowest BCUT2D eigenvalue weighted by Crippen LogP contribution is -2.23. The molecule has 1 saturated carbocycles. The van der Waals surface area contributed by atoms with Crippen molar-refractivity contribution in [2.24, 2.45) is 0 Å². The van der Waals surface area contributed by atoms with Gasteiger partial charge < -0.3 is 5.32 Å². The van der Waals surface area contributed by atoms with Crippen molar-refractivity contribution < 1.29 is 4.79 Å². The number of amides is 1. The molecule has 0 spiro atoms. The molecule has 4 nitrogen and oxygen atoms in total. The van der Waals surface area contributed by atoms with Crippen LogP contribution >= 0.6 is 0 Å². The van der Waals surface area contributed by atoms with Crippen molar-refractivity contribution in [2.75, 3.05) is 0 Å². The maximum absolute atomic E-state index is 11.8. The summed E-state index contributed by atoms with van der Waals surface area (Å²) in [5.74, 6) is 0.504. The number of aromatic nitrogens is 2. The molecule has 0 radical (unpaired) electrons. The smallest absolute Gasteiger partial charge is 0.270 e. The van der Waals surface area contributed by atoms with Crippen molar-refractivity contribution in [1.82, 2.24) is 15.3 Å². The Hall–Kier alpha value is -2.23. The van der Waals surface area contributed by atoms with Gasteiger partial charge in [-0.2, -0.15) is 0 Å². The first-order valence-corrected chi connectivity index (χ1v) is 6.47. The van der Waals surface area contributed by atoms with Crippen LogP contribution in [0.25, 0.3) is 0 Å². The Kier molecular flexibility index (Phi) is 3.23. The Morgan fingerprint density at radius 3 is 2.74 bits per heavy atom. The van der Waals surface area contributed by atoms with E-state index in [1.807, 2.05) is 12.3 Å². The standard InChI is InChI=1S/C15H15N3O/c19-15(14-3-1-2-8-16-14)18-10-11-4-7-13(17-9-11)12-5-6-12/h1-4,7-9,12H,5-6,10H2,(H,18,19). The van der Waals surface area contributed by atoms with Gasteiger partial charge in [-0.05, 0) is 36.6 Å². The predicted molar refractivity (Wildman–Crippen MR) is 71.6 cm³/mol. The molecule has 0 atom stereocenters. The second-order valence-electron chi connectivity index (χ2n) is 4.76. The molecule has 1 aliphatic rings. The zero-order valence-corrected chi connectivity index (χ0v) is 10.5. The maximum atomic E-state index is 11.8. The van der Waals surface area contributed by atoms with Gasteiger partial charge in [-0.25, -0.2) is 0 Å². The minimum Gasteiger partial charge on any atom is -0.347 e. The first kappa shape index (κ1) is 11.8. The minimum atomic E-state index is -0.160. The molecule has 4 heteroatoms. The highest BCUT2D eigenvalue weighted by molar-refractivity contribution is 5.92. The molecule has 2 aromatic rings. The van der Waals surface area contributed by atoms with E-state index in [1.165, 1.54) is 18.5 Å². The lowest BCUT2D eigenvalue weighted by atomic mass is 10.2. The molecular weight excluding hydrogens is 238 g/mol. The number of carbonyl (C=O) groups is 1. The van der Waals surface area contributed by atoms with Gasteiger partial charge in [-0.15, -0.1) is 0 Å². The van der Waals surface area contributed by atoms with Gasteiger partial charge in [0.05, 0.1) is 0 Å². The molecule has 19 heavy (non-hydrogen) atoms. The Bertz CT molecular complexity index is 562. The maximum Gasteiger partial charge on any atom is 0.270 e. The van der Waals surface area contributed by atoms with Crippen molar-refractivity contribution in [2.45, 2.75) is 25.3 Å². The van der Waals surface area contributed by atoms with E-state index in [4.69, 9.17) is 0 Å². The number of pyridine rings is 2. The van der Waals surface area contributed by atoms with E-state index < -0.39 is 0 Å². The van der Waals surface area contributed by atoms with Crippen LogP contribution in [0, 0.1) is 0 Å². The zero-order valence-electron chi connectivity index (χ0n) is 10.5. The van der Waals surface area contributed by atoms with E-state index in [2.05, 4.69) is 21.4 Å². The summed E-state index contributed by atoms with van der Waals surface area (Å²) in [6.07, 6.45) is 5.96. The summed E-state index contributed by atoms with van der Waals surface area (Å²) >= 11 is 0. The van der Waals surface area contributed by atoms with Crippen LogP contribution in [0.5, 0.6) is 0 Å². The van der Waals surface area contributed by atoms with E-state index >= 15 is 0 Å². The summed E-state index contributed by atoms with van der Waals surface area (Å²) in [5, 5.41) is 2.84. The number of hydrogen-bond acceptors (Lipinski definition) is 3. The summed E-state index contributed by atoms with van der Waals surface area (Å²) in [6.45, 7) is 0.480. The summed E-state index contributed by atoms with van der Waals surface area (Å²) in [5.41, 5.74) is 2.61. The Labute approximate surface area is 111 Å². The molecule has 0 saturated heterocycles. The number of hydrogen-bond donors (Lipinski definition) is 1. The SMILES string of the molecule is O=C(NCc1ccc(C2CC2)nc1)c1ccccn1. The molecule has 1 amide bonds. The average Bonchev–Trinajstić information content (AvgIpc) is 3.31. The highest BCUT2D eigenvalue weighted by atomic mass is 16.1. The van der Waals surface area contributed by atoms with Crippen molar-refractivity contribution in [3.8, 4) is 0 Å². The zero-order chi connectivity index (χ0) is 13.1. The van der Waals surface area contributed by atoms with E-state index in [9.17, 15) is 4.79 Å². The molecular formula is C15H15N3O. The Morgan fingerprint density at radius 2 is 2.11 bits per heavy atom. The summed E-state index contributed by atoms with van der Waals surface area (Å²) in [6, 6.07) is 9.37. The highest BCUT2D eigenvalue weighted by Crippen LogP contribution is 2.38. The molecule has 0 unspecified atom stereocenters. The van der Waals surface area contributed by atoms with Crippen LogP contribution < -0.4 is 5.32 Å². The van der Waals surface area contributed by atoms with Crippen LogP contribution in [0.15, 0.2) is 42.7 Å². The van der Waals surface area contributed by atoms with Crippen LogP contribution in [0.1, 0.15) is 40.5 Å². The number of rotatable bonds is 4. The number of carbonyl (C=O) groups excluding carboxylic acids is 1. The second-order valence-corrected chi connectivity index (χ2v) is 4.76. The molecule has 0 aliphatic heterocycles. The van der Waals surface area contributed by atoms with Gasteiger partial charge in [-0.1, -0.05) is 12.1 Å². The number of nitrogens with one attached hydrogen (secondary N) is 1. The molecule has 2 heterocycles. The Balaban J connectivity index is 1.58. The molecule has 1 aliphatic carbocycles. The average molecular weight is 253 g/mol. The predicted octanol–water partition coefficient (Wildman–Crippen LogP) is 2.28. The summed E-state index contributed by atoms with van der Waals surface area (Å²) in [4.78, 5) is 20.2. The molecule has 1 fully saturated rings. The van der Waals surface area contributed by atoms with E-state index in [0.717, 1.165) is 5.56 Å². The highest BCUT2D eigenvalue weighted by Gasteiger charge is 2.24. The van der Waals surface area contributed by atoms with Gasteiger partial charge in [0.15, 0.2) is 0 Å². The van der Waals surface area contributed by atoms with Crippen molar-refractivity contribution in [3.05, 3.63) is 59.7 Å². The molecule has 1 N–H and O–H groups in total. The largest absolute Gasteiger partial charge is 0.347 e. The third kappa shape index (κ3) is 2.96. The first-order chi connectivity index (χ1) is 9.33. The van der Waals surface area contributed by atoms with Crippen LogP contribution in [-0.4, -0.2) is 15.9 Å². The fourth-order valence-corrected chi connectivity index (χ4v) is 1.93. The van der Waals surface area contributed by atoms with E-state index in [-0.39, 0.29) is 5.91 Å².